The number of ketones is 1. The minimum absolute atomic E-state index is 0. The van der Waals surface area contributed by atoms with E-state index in [9.17, 15) is 4.79 Å². The number of carbonyl (C=O) groups is 1. The number of anilines is 1. The van der Waals surface area contributed by atoms with Crippen LogP contribution in [0.1, 0.15) is 17.3 Å². The average molecular weight is 437 g/mol. The monoisotopic (exact) mass is 437 g/mol. The smallest absolute Gasteiger partial charge is 0.163 e. The standard InChI is InChI=1S/C17H15N3OS.HI/c1-11(21)12-6-2-5-9-15(12)19-17(22)20-16-10-18-14-8-4-3-7-13(14)16;/h2-10,18H,1H3,(H2,19,20,22);1H. The van der Waals surface area contributed by atoms with Crippen LogP contribution in [-0.2, 0) is 0 Å². The minimum Gasteiger partial charge on any atom is -0.359 e. The molecule has 6 heteroatoms. The van der Waals surface area contributed by atoms with Gasteiger partial charge in [0.1, 0.15) is 0 Å². The van der Waals surface area contributed by atoms with Gasteiger partial charge in [-0.15, -0.1) is 36.6 Å². The SMILES string of the molecule is CC(=O)c1ccccc1NC(S)=Nc1c[nH]c2ccccc12.I. The van der Waals surface area contributed by atoms with Gasteiger partial charge in [-0.05, 0) is 25.1 Å². The van der Waals surface area contributed by atoms with Crippen molar-refractivity contribution in [3.63, 3.8) is 0 Å². The summed E-state index contributed by atoms with van der Waals surface area (Å²) in [5.41, 5.74) is 3.13. The Labute approximate surface area is 156 Å². The Bertz CT molecular complexity index is 873. The van der Waals surface area contributed by atoms with Crippen LogP contribution in [0.4, 0.5) is 11.4 Å². The number of aromatic amines is 1. The third-order valence-electron chi connectivity index (χ3n) is 3.35. The highest BCUT2D eigenvalue weighted by Crippen LogP contribution is 2.26. The first-order valence-electron chi connectivity index (χ1n) is 6.86. The largest absolute Gasteiger partial charge is 0.359 e. The first kappa shape index (κ1) is 17.6. The van der Waals surface area contributed by atoms with Gasteiger partial charge in [0, 0.05) is 22.7 Å². The van der Waals surface area contributed by atoms with E-state index in [-0.39, 0.29) is 29.8 Å². The molecule has 0 unspecified atom stereocenters. The van der Waals surface area contributed by atoms with Gasteiger partial charge >= 0.3 is 0 Å². The number of para-hydroxylation sites is 2. The summed E-state index contributed by atoms with van der Waals surface area (Å²) in [5, 5.41) is 4.53. The lowest BCUT2D eigenvalue weighted by atomic mass is 10.1. The van der Waals surface area contributed by atoms with Crippen molar-refractivity contribution in [2.24, 2.45) is 4.99 Å². The van der Waals surface area contributed by atoms with Crippen molar-refractivity contribution in [2.45, 2.75) is 6.92 Å². The van der Waals surface area contributed by atoms with Crippen LogP contribution in [0, 0.1) is 0 Å². The molecule has 0 aliphatic heterocycles. The molecular formula is C17H16IN3OS. The van der Waals surface area contributed by atoms with Crippen molar-refractivity contribution < 1.29 is 4.79 Å². The molecule has 118 valence electrons. The molecule has 1 aromatic heterocycles. The molecule has 23 heavy (non-hydrogen) atoms. The Morgan fingerprint density at radius 2 is 1.83 bits per heavy atom. The summed E-state index contributed by atoms with van der Waals surface area (Å²) in [7, 11) is 0. The lowest BCUT2D eigenvalue weighted by Gasteiger charge is -2.08. The first-order chi connectivity index (χ1) is 10.6. The van der Waals surface area contributed by atoms with Crippen LogP contribution in [0.5, 0.6) is 0 Å². The number of hydrogen-bond acceptors (Lipinski definition) is 2. The predicted octanol–water partition coefficient (Wildman–Crippen LogP) is 5.02. The Hall–Kier alpha value is -1.80. The number of nitrogens with one attached hydrogen (secondary N) is 2. The summed E-state index contributed by atoms with van der Waals surface area (Å²) >= 11 is 4.38. The number of fused-ring (bicyclic) bond motifs is 1. The Kier molecular flexibility index (Phi) is 5.84. The van der Waals surface area contributed by atoms with Crippen LogP contribution in [-0.4, -0.2) is 15.9 Å². The number of Topliss-reactive ketones (excluding diaryl/α,β-unsaturated/α-hetero) is 1. The van der Waals surface area contributed by atoms with Gasteiger partial charge in [0.15, 0.2) is 11.0 Å². The van der Waals surface area contributed by atoms with E-state index in [4.69, 9.17) is 0 Å². The number of amidine groups is 1. The van der Waals surface area contributed by atoms with E-state index in [1.54, 1.807) is 6.07 Å². The fourth-order valence-electron chi connectivity index (χ4n) is 2.31. The van der Waals surface area contributed by atoms with Gasteiger partial charge in [-0.2, -0.15) is 0 Å². The summed E-state index contributed by atoms with van der Waals surface area (Å²) < 4.78 is 0. The fraction of sp³-hybridized carbons (Fsp3) is 0.0588. The normalized spacial score (nSPS) is 11.1. The second-order valence-electron chi connectivity index (χ2n) is 4.88. The van der Waals surface area contributed by atoms with E-state index in [0.717, 1.165) is 16.6 Å². The van der Waals surface area contributed by atoms with Crippen LogP contribution in [0.3, 0.4) is 0 Å². The lowest BCUT2D eigenvalue weighted by Crippen LogP contribution is -2.08. The second-order valence-corrected chi connectivity index (χ2v) is 5.31. The van der Waals surface area contributed by atoms with Crippen LogP contribution < -0.4 is 5.32 Å². The van der Waals surface area contributed by atoms with Gasteiger partial charge in [0.25, 0.3) is 0 Å². The molecule has 0 atom stereocenters. The summed E-state index contributed by atoms with van der Waals surface area (Å²) in [6, 6.07) is 15.2. The molecule has 0 fully saturated rings. The fourth-order valence-corrected chi connectivity index (χ4v) is 2.54. The molecule has 0 saturated heterocycles. The van der Waals surface area contributed by atoms with E-state index in [0.29, 0.717) is 16.4 Å². The highest BCUT2D eigenvalue weighted by atomic mass is 127. The molecule has 2 N–H and O–H groups in total. The molecular weight excluding hydrogens is 421 g/mol. The number of rotatable bonds is 3. The number of aliphatic imine (C=N–C) groups is 1. The third kappa shape index (κ3) is 3.94. The maximum absolute atomic E-state index is 11.6. The van der Waals surface area contributed by atoms with Gasteiger partial charge in [0.2, 0.25) is 0 Å². The molecule has 3 aromatic rings. The van der Waals surface area contributed by atoms with Crippen LogP contribution in [0.2, 0.25) is 0 Å². The van der Waals surface area contributed by atoms with Gasteiger partial charge in [-0.25, -0.2) is 4.99 Å². The zero-order valence-electron chi connectivity index (χ0n) is 12.4. The number of aromatic nitrogens is 1. The van der Waals surface area contributed by atoms with Gasteiger partial charge in [-0.1, -0.05) is 30.3 Å². The summed E-state index contributed by atoms with van der Waals surface area (Å²) in [6.45, 7) is 1.54. The van der Waals surface area contributed by atoms with Crippen LogP contribution in [0.15, 0.2) is 59.7 Å². The highest BCUT2D eigenvalue weighted by molar-refractivity contribution is 14.0. The summed E-state index contributed by atoms with van der Waals surface area (Å²) in [4.78, 5) is 19.3. The van der Waals surface area contributed by atoms with E-state index in [2.05, 4.69) is 27.9 Å². The van der Waals surface area contributed by atoms with Crippen molar-refractivity contribution >= 4 is 69.8 Å². The van der Waals surface area contributed by atoms with E-state index in [1.807, 2.05) is 48.7 Å². The molecule has 0 aliphatic carbocycles. The number of nitrogens with zero attached hydrogens (tertiary/aromatic N) is 1. The Balaban J connectivity index is 0.00000192. The topological polar surface area (TPSA) is 57.2 Å². The molecule has 4 nitrogen and oxygen atoms in total. The van der Waals surface area contributed by atoms with Crippen molar-refractivity contribution in [3.8, 4) is 0 Å². The van der Waals surface area contributed by atoms with Crippen LogP contribution in [0.25, 0.3) is 10.9 Å². The molecule has 0 saturated carbocycles. The molecule has 0 radical (unpaired) electrons. The summed E-state index contributed by atoms with van der Waals surface area (Å²) in [5.74, 6) is -0.00340. The minimum atomic E-state index is -0.00340. The van der Waals surface area contributed by atoms with Crippen molar-refractivity contribution in [2.75, 3.05) is 5.32 Å². The van der Waals surface area contributed by atoms with E-state index >= 15 is 0 Å². The molecule has 2 aromatic carbocycles. The highest BCUT2D eigenvalue weighted by Gasteiger charge is 2.07. The number of carbonyl (C=O) groups excluding carboxylic acids is 1. The van der Waals surface area contributed by atoms with Gasteiger partial charge in [-0.3, -0.25) is 4.79 Å². The van der Waals surface area contributed by atoms with Crippen molar-refractivity contribution in [3.05, 3.63) is 60.3 Å². The zero-order valence-corrected chi connectivity index (χ0v) is 15.6. The van der Waals surface area contributed by atoms with Gasteiger partial charge < -0.3 is 10.3 Å². The molecule has 0 aliphatic rings. The second kappa shape index (κ2) is 7.65. The number of benzene rings is 2. The zero-order chi connectivity index (χ0) is 15.5. The molecule has 3 rings (SSSR count). The third-order valence-corrected chi connectivity index (χ3v) is 3.56. The Morgan fingerprint density at radius 1 is 1.13 bits per heavy atom. The molecule has 0 spiro atoms. The van der Waals surface area contributed by atoms with Gasteiger partial charge in [0.05, 0.1) is 11.4 Å². The molecule has 1 heterocycles. The Morgan fingerprint density at radius 3 is 2.61 bits per heavy atom. The lowest BCUT2D eigenvalue weighted by molar-refractivity contribution is 0.101. The maximum Gasteiger partial charge on any atom is 0.163 e. The van der Waals surface area contributed by atoms with Crippen molar-refractivity contribution in [1.29, 1.82) is 0 Å². The predicted molar refractivity (Wildman–Crippen MR) is 110 cm³/mol. The van der Waals surface area contributed by atoms with E-state index in [1.165, 1.54) is 6.92 Å². The maximum atomic E-state index is 11.6. The first-order valence-corrected chi connectivity index (χ1v) is 7.30. The number of hydrogen-bond donors (Lipinski definition) is 3. The number of H-pyrrole nitrogens is 1. The number of halogens is 1. The number of thiol groups is 1. The van der Waals surface area contributed by atoms with Crippen LogP contribution >= 0.6 is 36.6 Å². The van der Waals surface area contributed by atoms with E-state index < -0.39 is 0 Å². The summed E-state index contributed by atoms with van der Waals surface area (Å²) in [6.07, 6.45) is 1.83. The average Bonchev–Trinajstić information content (AvgIpc) is 2.91. The van der Waals surface area contributed by atoms with Crippen molar-refractivity contribution in [1.82, 2.24) is 4.98 Å². The molecule has 0 amide bonds. The molecule has 0 bridgehead atoms. The quantitative estimate of drug-likeness (QED) is 0.177.